The summed E-state index contributed by atoms with van der Waals surface area (Å²) in [5, 5.41) is 9.73. The first-order chi connectivity index (χ1) is 12.5. The van der Waals surface area contributed by atoms with Crippen LogP contribution in [0.5, 0.6) is 0 Å². The van der Waals surface area contributed by atoms with Crippen LogP contribution in [0.3, 0.4) is 0 Å². The zero-order valence-corrected chi connectivity index (χ0v) is 14.3. The van der Waals surface area contributed by atoms with Gasteiger partial charge in [0.1, 0.15) is 6.26 Å². The first kappa shape index (κ1) is 16.4. The molecule has 26 heavy (non-hydrogen) atoms. The monoisotopic (exact) mass is 350 g/mol. The van der Waals surface area contributed by atoms with Crippen molar-refractivity contribution in [3.8, 4) is 11.3 Å². The Morgan fingerprint density at radius 3 is 2.65 bits per heavy atom. The minimum atomic E-state index is -0.807. The fraction of sp³-hybridized carbons (Fsp3) is 0.263. The number of carbonyl (C=O) groups excluding carboxylic acids is 1. The largest absolute Gasteiger partial charge is 0.448 e. The smallest absolute Gasteiger partial charge is 0.276 e. The molecule has 7 nitrogen and oxygen atoms in total. The van der Waals surface area contributed by atoms with Gasteiger partial charge in [0, 0.05) is 11.8 Å². The molecule has 0 saturated carbocycles. The number of oxazole rings is 1. The molecule has 3 heterocycles. The van der Waals surface area contributed by atoms with Gasteiger partial charge in [0.25, 0.3) is 5.91 Å². The second kappa shape index (κ2) is 6.34. The molecule has 1 aromatic carbocycles. The molecule has 0 spiro atoms. The fourth-order valence-corrected chi connectivity index (χ4v) is 2.93. The summed E-state index contributed by atoms with van der Waals surface area (Å²) in [7, 11) is 0. The van der Waals surface area contributed by atoms with Crippen LogP contribution in [0, 0.1) is 0 Å². The molecule has 1 amide bonds. The van der Waals surface area contributed by atoms with E-state index in [9.17, 15) is 9.90 Å². The Kier molecular flexibility index (Phi) is 4.00. The highest BCUT2D eigenvalue weighted by atomic mass is 16.3. The molecule has 1 aliphatic rings. The lowest BCUT2D eigenvalue weighted by molar-refractivity contribution is -0.0670. The molecule has 3 aromatic rings. The van der Waals surface area contributed by atoms with Crippen LogP contribution in [0.15, 0.2) is 53.4 Å². The number of carbonyl (C=O) groups is 1. The van der Waals surface area contributed by atoms with Gasteiger partial charge in [-0.05, 0) is 6.92 Å². The predicted molar refractivity (Wildman–Crippen MR) is 93.3 cm³/mol. The second-order valence-corrected chi connectivity index (χ2v) is 6.72. The molecule has 0 aliphatic carbocycles. The predicted octanol–water partition coefficient (Wildman–Crippen LogP) is 1.93. The molecule has 7 heteroatoms. The molecule has 132 valence electrons. The highest BCUT2D eigenvalue weighted by Crippen LogP contribution is 2.22. The van der Waals surface area contributed by atoms with Gasteiger partial charge in [-0.3, -0.25) is 14.8 Å². The normalized spacial score (nSPS) is 15.5. The average Bonchev–Trinajstić information content (AvgIpc) is 3.09. The van der Waals surface area contributed by atoms with Gasteiger partial charge in [-0.15, -0.1) is 0 Å². The molecule has 0 radical (unpaired) electrons. The van der Waals surface area contributed by atoms with Gasteiger partial charge >= 0.3 is 0 Å². The van der Waals surface area contributed by atoms with E-state index >= 15 is 0 Å². The number of aliphatic hydroxyl groups is 1. The van der Waals surface area contributed by atoms with Crippen LogP contribution in [-0.2, 0) is 6.42 Å². The number of β-amino-alcohol motifs (C(OH)–C–C–N with tert-alkyl or cyclic N) is 1. The number of hydrogen-bond acceptors (Lipinski definition) is 6. The summed E-state index contributed by atoms with van der Waals surface area (Å²) in [6.07, 6.45) is 5.09. The van der Waals surface area contributed by atoms with Crippen molar-refractivity contribution in [1.29, 1.82) is 0 Å². The van der Waals surface area contributed by atoms with Crippen molar-refractivity contribution in [2.45, 2.75) is 18.9 Å². The SMILES string of the molecule is CC1(O)CN(C(=O)c2coc(Cc3cnc(-c4ccccc4)cn3)n2)C1. The van der Waals surface area contributed by atoms with Crippen LogP contribution in [0.25, 0.3) is 11.3 Å². The highest BCUT2D eigenvalue weighted by Gasteiger charge is 2.40. The summed E-state index contributed by atoms with van der Waals surface area (Å²) in [6.45, 7) is 2.31. The minimum Gasteiger partial charge on any atom is -0.448 e. The Bertz CT molecular complexity index is 911. The van der Waals surface area contributed by atoms with Crippen molar-refractivity contribution < 1.29 is 14.3 Å². The second-order valence-electron chi connectivity index (χ2n) is 6.72. The van der Waals surface area contributed by atoms with Crippen LogP contribution >= 0.6 is 0 Å². The van der Waals surface area contributed by atoms with Crippen LogP contribution in [0.4, 0.5) is 0 Å². The standard InChI is InChI=1S/C19H18N4O3/c1-19(25)11-23(12-19)18(24)16-10-26-17(22-16)7-14-8-21-15(9-20-14)13-5-3-2-4-6-13/h2-6,8-10,25H,7,11-12H2,1H3. The molecular formula is C19H18N4O3. The summed E-state index contributed by atoms with van der Waals surface area (Å²) in [5.41, 5.74) is 1.93. The average molecular weight is 350 g/mol. The van der Waals surface area contributed by atoms with Crippen molar-refractivity contribution in [3.05, 3.63) is 66.3 Å². The molecule has 1 fully saturated rings. The maximum absolute atomic E-state index is 12.2. The topological polar surface area (TPSA) is 92.3 Å². The molecule has 0 unspecified atom stereocenters. The lowest BCUT2D eigenvalue weighted by atomic mass is 9.97. The Morgan fingerprint density at radius 1 is 1.23 bits per heavy atom. The molecule has 1 saturated heterocycles. The number of likely N-dealkylation sites (tertiary alicyclic amines) is 1. The van der Waals surface area contributed by atoms with Crippen molar-refractivity contribution in [2.75, 3.05) is 13.1 Å². The Labute approximate surface area is 150 Å². The van der Waals surface area contributed by atoms with E-state index in [0.29, 0.717) is 31.1 Å². The van der Waals surface area contributed by atoms with Gasteiger partial charge in [0.05, 0.1) is 42.7 Å². The van der Waals surface area contributed by atoms with Crippen LogP contribution in [0.2, 0.25) is 0 Å². The van der Waals surface area contributed by atoms with E-state index in [1.165, 1.54) is 11.2 Å². The van der Waals surface area contributed by atoms with E-state index in [0.717, 1.165) is 11.3 Å². The van der Waals surface area contributed by atoms with Gasteiger partial charge in [-0.25, -0.2) is 4.98 Å². The van der Waals surface area contributed by atoms with E-state index in [2.05, 4.69) is 15.0 Å². The number of benzene rings is 1. The van der Waals surface area contributed by atoms with Gasteiger partial charge in [0.2, 0.25) is 5.89 Å². The maximum atomic E-state index is 12.2. The summed E-state index contributed by atoms with van der Waals surface area (Å²) < 4.78 is 5.39. The van der Waals surface area contributed by atoms with Crippen molar-refractivity contribution in [3.63, 3.8) is 0 Å². The zero-order chi connectivity index (χ0) is 18.1. The Balaban J connectivity index is 1.42. The van der Waals surface area contributed by atoms with E-state index in [1.807, 2.05) is 30.3 Å². The van der Waals surface area contributed by atoms with E-state index in [4.69, 9.17) is 4.42 Å². The summed E-state index contributed by atoms with van der Waals surface area (Å²) in [4.78, 5) is 26.8. The first-order valence-electron chi connectivity index (χ1n) is 8.33. The summed E-state index contributed by atoms with van der Waals surface area (Å²) in [6, 6.07) is 9.81. The third-order valence-electron chi connectivity index (χ3n) is 4.23. The number of rotatable bonds is 4. The summed E-state index contributed by atoms with van der Waals surface area (Å²) >= 11 is 0. The van der Waals surface area contributed by atoms with Gasteiger partial charge in [-0.2, -0.15) is 0 Å². The van der Waals surface area contributed by atoms with Gasteiger partial charge in [0.15, 0.2) is 5.69 Å². The van der Waals surface area contributed by atoms with Crippen LogP contribution in [-0.4, -0.2) is 49.6 Å². The van der Waals surface area contributed by atoms with Crippen molar-refractivity contribution >= 4 is 5.91 Å². The minimum absolute atomic E-state index is 0.239. The maximum Gasteiger partial charge on any atom is 0.276 e. The molecule has 1 aliphatic heterocycles. The fourth-order valence-electron chi connectivity index (χ4n) is 2.93. The third-order valence-corrected chi connectivity index (χ3v) is 4.23. The first-order valence-corrected chi connectivity index (χ1v) is 8.33. The molecule has 2 aromatic heterocycles. The molecular weight excluding hydrogens is 332 g/mol. The van der Waals surface area contributed by atoms with Crippen molar-refractivity contribution in [1.82, 2.24) is 19.9 Å². The van der Waals surface area contributed by atoms with Gasteiger partial charge in [-0.1, -0.05) is 30.3 Å². The third kappa shape index (κ3) is 3.34. The van der Waals surface area contributed by atoms with E-state index < -0.39 is 5.60 Å². The van der Waals surface area contributed by atoms with E-state index in [-0.39, 0.29) is 11.6 Å². The zero-order valence-electron chi connectivity index (χ0n) is 14.3. The summed E-state index contributed by atoms with van der Waals surface area (Å²) in [5.74, 6) is 0.166. The lowest BCUT2D eigenvalue weighted by Gasteiger charge is -2.43. The highest BCUT2D eigenvalue weighted by molar-refractivity contribution is 5.92. The Morgan fingerprint density at radius 2 is 2.00 bits per heavy atom. The Hall–Kier alpha value is -3.06. The van der Waals surface area contributed by atoms with Crippen LogP contribution < -0.4 is 0 Å². The number of aromatic nitrogens is 3. The van der Waals surface area contributed by atoms with Gasteiger partial charge < -0.3 is 14.4 Å². The molecule has 0 atom stereocenters. The number of amides is 1. The van der Waals surface area contributed by atoms with E-state index in [1.54, 1.807) is 19.3 Å². The lowest BCUT2D eigenvalue weighted by Crippen LogP contribution is -2.61. The van der Waals surface area contributed by atoms with Crippen LogP contribution in [0.1, 0.15) is 29.0 Å². The molecule has 4 rings (SSSR count). The number of nitrogens with zero attached hydrogens (tertiary/aromatic N) is 4. The molecule has 1 N–H and O–H groups in total. The van der Waals surface area contributed by atoms with Crippen molar-refractivity contribution in [2.24, 2.45) is 0 Å². The quantitative estimate of drug-likeness (QED) is 0.773. The molecule has 0 bridgehead atoms. The number of hydrogen-bond donors (Lipinski definition) is 1.